The first-order chi connectivity index (χ1) is 8.58. The van der Waals surface area contributed by atoms with Gasteiger partial charge in [0.1, 0.15) is 0 Å². The number of amides is 1. The van der Waals surface area contributed by atoms with E-state index in [4.69, 9.17) is 5.73 Å². The van der Waals surface area contributed by atoms with E-state index in [9.17, 15) is 4.79 Å². The largest absolute Gasteiger partial charge is 0.399 e. The van der Waals surface area contributed by atoms with Gasteiger partial charge in [0, 0.05) is 37.1 Å². The summed E-state index contributed by atoms with van der Waals surface area (Å²) in [6.45, 7) is 0. The van der Waals surface area contributed by atoms with Crippen LogP contribution in [-0.2, 0) is 0 Å². The van der Waals surface area contributed by atoms with Crippen molar-refractivity contribution in [2.24, 2.45) is 0 Å². The van der Waals surface area contributed by atoms with Gasteiger partial charge in [-0.25, -0.2) is 4.98 Å². The van der Waals surface area contributed by atoms with Crippen LogP contribution in [-0.4, -0.2) is 34.9 Å². The van der Waals surface area contributed by atoms with Gasteiger partial charge in [0.2, 0.25) is 0 Å². The van der Waals surface area contributed by atoms with Gasteiger partial charge in [0.15, 0.2) is 5.16 Å². The molecule has 0 spiro atoms. The molecule has 3 N–H and O–H groups in total. The lowest BCUT2D eigenvalue weighted by Crippen LogP contribution is -2.22. The van der Waals surface area contributed by atoms with Gasteiger partial charge in [-0.15, -0.1) is 0 Å². The average molecular weight is 262 g/mol. The van der Waals surface area contributed by atoms with Gasteiger partial charge in [0.25, 0.3) is 5.91 Å². The van der Waals surface area contributed by atoms with Gasteiger partial charge >= 0.3 is 0 Å². The van der Waals surface area contributed by atoms with Crippen LogP contribution in [0.4, 0.5) is 5.69 Å². The summed E-state index contributed by atoms with van der Waals surface area (Å²) in [7, 11) is 3.44. The third-order valence-corrected chi connectivity index (χ3v) is 3.30. The van der Waals surface area contributed by atoms with Crippen molar-refractivity contribution in [2.75, 3.05) is 19.8 Å². The number of nitrogens with two attached hydrogens (primary N) is 1. The number of nitrogens with zero attached hydrogens (tertiary/aromatic N) is 2. The lowest BCUT2D eigenvalue weighted by atomic mass is 10.2. The molecular weight excluding hydrogens is 248 g/mol. The van der Waals surface area contributed by atoms with Gasteiger partial charge < -0.3 is 15.6 Å². The highest BCUT2D eigenvalue weighted by Gasteiger charge is 2.15. The number of carbonyl (C=O) groups excluding carboxylic acids is 1. The molecule has 0 saturated heterocycles. The number of aromatic amines is 1. The lowest BCUT2D eigenvalue weighted by molar-refractivity contribution is 0.0824. The summed E-state index contributed by atoms with van der Waals surface area (Å²) >= 11 is 1.39. The van der Waals surface area contributed by atoms with E-state index >= 15 is 0 Å². The number of nitrogens with one attached hydrogen (secondary N) is 1. The number of H-pyrrole nitrogens is 1. The number of anilines is 1. The summed E-state index contributed by atoms with van der Waals surface area (Å²) in [5.74, 6) is -0.0518. The number of hydrogen-bond donors (Lipinski definition) is 2. The Morgan fingerprint density at radius 1 is 1.44 bits per heavy atom. The number of imidazole rings is 1. The molecule has 2 aromatic rings. The van der Waals surface area contributed by atoms with E-state index in [2.05, 4.69) is 9.97 Å². The Hall–Kier alpha value is -1.95. The highest BCUT2D eigenvalue weighted by Crippen LogP contribution is 2.30. The fourth-order valence-corrected chi connectivity index (χ4v) is 2.36. The molecule has 0 aliphatic carbocycles. The molecule has 1 amide bonds. The lowest BCUT2D eigenvalue weighted by Gasteiger charge is -2.13. The average Bonchev–Trinajstić information content (AvgIpc) is 2.81. The Bertz CT molecular complexity index is 551. The minimum Gasteiger partial charge on any atom is -0.399 e. The zero-order chi connectivity index (χ0) is 13.1. The molecule has 0 aliphatic heterocycles. The smallest absolute Gasteiger partial charge is 0.254 e. The second kappa shape index (κ2) is 5.14. The molecule has 6 heteroatoms. The Kier molecular flexibility index (Phi) is 3.57. The molecule has 0 fully saturated rings. The second-order valence-electron chi connectivity index (χ2n) is 3.95. The zero-order valence-corrected chi connectivity index (χ0v) is 11.0. The summed E-state index contributed by atoms with van der Waals surface area (Å²) in [6, 6.07) is 5.25. The molecule has 94 valence electrons. The van der Waals surface area contributed by atoms with Crippen LogP contribution in [0, 0.1) is 0 Å². The van der Waals surface area contributed by atoms with E-state index < -0.39 is 0 Å². The summed E-state index contributed by atoms with van der Waals surface area (Å²) < 4.78 is 0. The van der Waals surface area contributed by atoms with Crippen LogP contribution < -0.4 is 5.73 Å². The maximum absolute atomic E-state index is 12.0. The van der Waals surface area contributed by atoms with Crippen LogP contribution in [0.25, 0.3) is 0 Å². The molecule has 1 aromatic heterocycles. The molecular formula is C12H14N4OS. The molecule has 0 bridgehead atoms. The Balaban J connectivity index is 2.38. The molecule has 0 atom stereocenters. The first kappa shape index (κ1) is 12.5. The van der Waals surface area contributed by atoms with Crippen LogP contribution in [0.15, 0.2) is 40.6 Å². The molecule has 18 heavy (non-hydrogen) atoms. The van der Waals surface area contributed by atoms with Crippen LogP contribution in [0.2, 0.25) is 0 Å². The van der Waals surface area contributed by atoms with Crippen molar-refractivity contribution in [3.63, 3.8) is 0 Å². The number of rotatable bonds is 3. The fourth-order valence-electron chi connectivity index (χ4n) is 1.45. The minimum atomic E-state index is -0.0518. The predicted molar refractivity (Wildman–Crippen MR) is 71.6 cm³/mol. The quantitative estimate of drug-likeness (QED) is 0.828. The van der Waals surface area contributed by atoms with Crippen LogP contribution in [0.5, 0.6) is 0 Å². The number of carbonyl (C=O) groups is 1. The molecule has 0 aliphatic rings. The van der Waals surface area contributed by atoms with Gasteiger partial charge in [-0.3, -0.25) is 4.79 Å². The number of aromatic nitrogens is 2. The summed E-state index contributed by atoms with van der Waals surface area (Å²) in [5.41, 5.74) is 7.01. The highest BCUT2D eigenvalue weighted by molar-refractivity contribution is 7.99. The standard InChI is InChI=1S/C12H14N4OS/c1-16(2)11(17)9-4-3-8(13)7-10(9)18-12-14-5-6-15-12/h3-7H,13H2,1-2H3,(H,14,15). The van der Waals surface area contributed by atoms with Crippen molar-refractivity contribution in [3.8, 4) is 0 Å². The van der Waals surface area contributed by atoms with Crippen LogP contribution in [0.3, 0.4) is 0 Å². The van der Waals surface area contributed by atoms with Crippen LogP contribution in [0.1, 0.15) is 10.4 Å². The first-order valence-corrected chi connectivity index (χ1v) is 6.18. The second-order valence-corrected chi connectivity index (χ2v) is 4.98. The maximum atomic E-state index is 12.0. The van der Waals surface area contributed by atoms with E-state index in [0.29, 0.717) is 11.3 Å². The SMILES string of the molecule is CN(C)C(=O)c1ccc(N)cc1Sc1ncc[nH]1. The van der Waals surface area contributed by atoms with E-state index in [0.717, 1.165) is 10.1 Å². The molecule has 1 heterocycles. The third-order valence-electron chi connectivity index (χ3n) is 2.32. The van der Waals surface area contributed by atoms with Gasteiger partial charge in [-0.2, -0.15) is 0 Å². The molecule has 1 aromatic carbocycles. The van der Waals surface area contributed by atoms with Crippen molar-refractivity contribution < 1.29 is 4.79 Å². The first-order valence-electron chi connectivity index (χ1n) is 5.36. The fraction of sp³-hybridized carbons (Fsp3) is 0.167. The molecule has 0 radical (unpaired) electrons. The van der Waals surface area contributed by atoms with Crippen molar-refractivity contribution in [3.05, 3.63) is 36.2 Å². The normalized spacial score (nSPS) is 10.3. The topological polar surface area (TPSA) is 75.0 Å². The van der Waals surface area contributed by atoms with E-state index in [-0.39, 0.29) is 5.91 Å². The van der Waals surface area contributed by atoms with E-state index in [1.54, 1.807) is 44.7 Å². The minimum absolute atomic E-state index is 0.0518. The Labute approximate surface area is 109 Å². The van der Waals surface area contributed by atoms with E-state index in [1.165, 1.54) is 16.7 Å². The predicted octanol–water partition coefficient (Wildman–Crippen LogP) is 1.84. The third kappa shape index (κ3) is 2.65. The van der Waals surface area contributed by atoms with Crippen molar-refractivity contribution in [1.82, 2.24) is 14.9 Å². The number of nitrogen functional groups attached to an aromatic ring is 1. The van der Waals surface area contributed by atoms with Gasteiger partial charge in [-0.1, -0.05) is 11.8 Å². The van der Waals surface area contributed by atoms with Crippen molar-refractivity contribution in [2.45, 2.75) is 10.1 Å². The molecule has 0 saturated carbocycles. The summed E-state index contributed by atoms with van der Waals surface area (Å²) in [4.78, 5) is 21.5. The van der Waals surface area contributed by atoms with Gasteiger partial charge in [0.05, 0.1) is 5.56 Å². The van der Waals surface area contributed by atoms with Crippen molar-refractivity contribution >= 4 is 23.4 Å². The maximum Gasteiger partial charge on any atom is 0.254 e. The summed E-state index contributed by atoms with van der Waals surface area (Å²) in [6.07, 6.45) is 3.41. The number of hydrogen-bond acceptors (Lipinski definition) is 4. The molecule has 0 unspecified atom stereocenters. The Morgan fingerprint density at radius 2 is 2.22 bits per heavy atom. The van der Waals surface area contributed by atoms with Crippen molar-refractivity contribution in [1.29, 1.82) is 0 Å². The van der Waals surface area contributed by atoms with E-state index in [1.807, 2.05) is 0 Å². The monoisotopic (exact) mass is 262 g/mol. The van der Waals surface area contributed by atoms with Gasteiger partial charge in [-0.05, 0) is 18.2 Å². The number of benzene rings is 1. The zero-order valence-electron chi connectivity index (χ0n) is 10.2. The summed E-state index contributed by atoms with van der Waals surface area (Å²) in [5, 5.41) is 0.730. The molecule has 5 nitrogen and oxygen atoms in total. The molecule has 2 rings (SSSR count). The van der Waals surface area contributed by atoms with Crippen LogP contribution >= 0.6 is 11.8 Å². The highest BCUT2D eigenvalue weighted by atomic mass is 32.2. The Morgan fingerprint density at radius 3 is 2.83 bits per heavy atom.